The van der Waals surface area contributed by atoms with Crippen molar-refractivity contribution in [3.63, 3.8) is 0 Å². The second-order valence-corrected chi connectivity index (χ2v) is 9.37. The molecule has 4 aromatic rings. The molecule has 1 aliphatic rings. The van der Waals surface area contributed by atoms with Gasteiger partial charge in [0.2, 0.25) is 0 Å². The molecule has 0 amide bonds. The summed E-state index contributed by atoms with van der Waals surface area (Å²) >= 11 is 0. The van der Waals surface area contributed by atoms with Gasteiger partial charge in [-0.15, -0.1) is 0 Å². The number of nitrogens with zero attached hydrogens (tertiary/aromatic N) is 5. The van der Waals surface area contributed by atoms with E-state index < -0.39 is 0 Å². The van der Waals surface area contributed by atoms with Gasteiger partial charge < -0.3 is 9.88 Å². The molecule has 1 atom stereocenters. The lowest BCUT2D eigenvalue weighted by molar-refractivity contribution is 0.161. The number of H-pyrrole nitrogens is 1. The molecule has 5 rings (SSSR count). The molecule has 1 aliphatic heterocycles. The molecule has 0 saturated carbocycles. The van der Waals surface area contributed by atoms with E-state index in [4.69, 9.17) is 0 Å². The molecule has 0 aliphatic carbocycles. The Kier molecular flexibility index (Phi) is 4.93. The van der Waals surface area contributed by atoms with Crippen LogP contribution in [-0.4, -0.2) is 48.7 Å². The zero-order valence-electron chi connectivity index (χ0n) is 18.7. The van der Waals surface area contributed by atoms with Gasteiger partial charge in [0, 0.05) is 24.8 Å². The fourth-order valence-corrected chi connectivity index (χ4v) is 5.12. The third-order valence-electron chi connectivity index (χ3n) is 6.40. The van der Waals surface area contributed by atoms with Crippen LogP contribution in [0.15, 0.2) is 35.5 Å². The van der Waals surface area contributed by atoms with E-state index in [1.807, 2.05) is 22.2 Å². The number of aromatic amines is 1. The van der Waals surface area contributed by atoms with Gasteiger partial charge in [0.1, 0.15) is 6.33 Å². The molecule has 7 nitrogen and oxygen atoms in total. The van der Waals surface area contributed by atoms with Crippen LogP contribution in [0, 0.1) is 19.8 Å². The highest BCUT2D eigenvalue weighted by Gasteiger charge is 2.25. The van der Waals surface area contributed by atoms with Crippen molar-refractivity contribution < 1.29 is 0 Å². The summed E-state index contributed by atoms with van der Waals surface area (Å²) in [4.78, 5) is 22.9. The van der Waals surface area contributed by atoms with E-state index in [0.29, 0.717) is 5.92 Å². The predicted molar refractivity (Wildman–Crippen MR) is 124 cm³/mol. The number of aromatic nitrogens is 5. The Morgan fingerprint density at radius 1 is 1.19 bits per heavy atom. The summed E-state index contributed by atoms with van der Waals surface area (Å²) < 4.78 is 3.80. The molecule has 31 heavy (non-hydrogen) atoms. The summed E-state index contributed by atoms with van der Waals surface area (Å²) in [5, 5.41) is 4.30. The maximum atomic E-state index is 13.0. The Bertz CT molecular complexity index is 1310. The molecule has 1 fully saturated rings. The van der Waals surface area contributed by atoms with Gasteiger partial charge in [0.25, 0.3) is 0 Å². The van der Waals surface area contributed by atoms with Crippen LogP contribution in [0.2, 0.25) is 0 Å². The van der Waals surface area contributed by atoms with E-state index in [2.05, 4.69) is 58.9 Å². The lowest BCUT2D eigenvalue weighted by Crippen LogP contribution is -2.40. The Balaban J connectivity index is 1.56. The number of likely N-dealkylation sites (tertiary alicyclic amines) is 1. The molecule has 7 heteroatoms. The fraction of sp³-hybridized carbons (Fsp3) is 0.458. The fourth-order valence-electron chi connectivity index (χ4n) is 5.12. The summed E-state index contributed by atoms with van der Waals surface area (Å²) in [5.41, 5.74) is 7.15. The number of nitrogens with one attached hydrogen (secondary N) is 1. The van der Waals surface area contributed by atoms with E-state index in [1.165, 1.54) is 0 Å². The SMILES string of the molecule is Cc1cc2c(cc1-c1cc(C)c3ncnn3c1)[nH]c(=O)n2C1CCCN(CC(C)C)C1. The van der Waals surface area contributed by atoms with Crippen molar-refractivity contribution >= 4 is 16.7 Å². The second-order valence-electron chi connectivity index (χ2n) is 9.37. The molecule has 1 unspecified atom stereocenters. The first kappa shape index (κ1) is 20.0. The van der Waals surface area contributed by atoms with Gasteiger partial charge in [-0.3, -0.25) is 4.57 Å². The standard InChI is InChI=1S/C24H30N6O/c1-15(2)11-28-7-5-6-19(13-28)30-22-9-16(3)20(10-21(22)27-24(30)31)18-8-17(4)23-25-14-26-29(23)12-18/h8-10,12,14-15,19H,5-7,11,13H2,1-4H3,(H,27,31). The van der Waals surface area contributed by atoms with E-state index >= 15 is 0 Å². The molecule has 1 aromatic carbocycles. The quantitative estimate of drug-likeness (QED) is 0.545. The van der Waals surface area contributed by atoms with Crippen molar-refractivity contribution in [2.24, 2.45) is 5.92 Å². The third-order valence-corrected chi connectivity index (χ3v) is 6.40. The minimum absolute atomic E-state index is 0.00847. The molecule has 1 saturated heterocycles. The summed E-state index contributed by atoms with van der Waals surface area (Å²) in [7, 11) is 0. The van der Waals surface area contributed by atoms with Gasteiger partial charge in [-0.2, -0.15) is 5.10 Å². The normalized spacial score (nSPS) is 17.9. The minimum atomic E-state index is -0.00847. The van der Waals surface area contributed by atoms with Gasteiger partial charge in [-0.25, -0.2) is 14.3 Å². The zero-order valence-corrected chi connectivity index (χ0v) is 18.7. The summed E-state index contributed by atoms with van der Waals surface area (Å²) in [6.07, 6.45) is 5.76. The number of benzene rings is 1. The van der Waals surface area contributed by atoms with Crippen LogP contribution in [0.1, 0.15) is 43.9 Å². The molecular formula is C24H30N6O. The Labute approximate surface area is 181 Å². The maximum absolute atomic E-state index is 13.0. The van der Waals surface area contributed by atoms with Crippen LogP contribution in [0.5, 0.6) is 0 Å². The van der Waals surface area contributed by atoms with Gasteiger partial charge in [-0.05, 0) is 74.0 Å². The first-order valence-corrected chi connectivity index (χ1v) is 11.2. The third kappa shape index (κ3) is 3.57. The first-order chi connectivity index (χ1) is 14.9. The van der Waals surface area contributed by atoms with Crippen molar-refractivity contribution in [1.29, 1.82) is 0 Å². The van der Waals surface area contributed by atoms with Crippen LogP contribution in [0.4, 0.5) is 0 Å². The number of piperidine rings is 1. The van der Waals surface area contributed by atoms with Crippen LogP contribution in [-0.2, 0) is 0 Å². The monoisotopic (exact) mass is 418 g/mol. The number of aryl methyl sites for hydroxylation is 2. The second kappa shape index (κ2) is 7.64. The smallest absolute Gasteiger partial charge is 0.306 e. The summed E-state index contributed by atoms with van der Waals surface area (Å²) in [6.45, 7) is 11.8. The lowest BCUT2D eigenvalue weighted by Gasteiger charge is -2.34. The Morgan fingerprint density at radius 3 is 2.84 bits per heavy atom. The van der Waals surface area contributed by atoms with E-state index in [9.17, 15) is 4.79 Å². The average Bonchev–Trinajstić information content (AvgIpc) is 3.30. The predicted octanol–water partition coefficient (Wildman–Crippen LogP) is 3.95. The number of rotatable bonds is 4. The van der Waals surface area contributed by atoms with Crippen molar-refractivity contribution in [1.82, 2.24) is 29.0 Å². The largest absolute Gasteiger partial charge is 0.326 e. The van der Waals surface area contributed by atoms with Crippen LogP contribution in [0.3, 0.4) is 0 Å². The summed E-state index contributed by atoms with van der Waals surface area (Å²) in [5.74, 6) is 0.633. The molecular weight excluding hydrogens is 388 g/mol. The average molecular weight is 419 g/mol. The van der Waals surface area contributed by atoms with Crippen molar-refractivity contribution in [2.45, 2.75) is 46.6 Å². The van der Waals surface area contributed by atoms with Gasteiger partial charge in [0.05, 0.1) is 17.1 Å². The number of imidazole rings is 1. The molecule has 3 aromatic heterocycles. The van der Waals surface area contributed by atoms with Crippen molar-refractivity contribution in [2.75, 3.05) is 19.6 Å². The van der Waals surface area contributed by atoms with Gasteiger partial charge in [-0.1, -0.05) is 13.8 Å². The molecule has 0 radical (unpaired) electrons. The molecule has 0 spiro atoms. The molecule has 1 N–H and O–H groups in total. The number of pyridine rings is 1. The highest BCUT2D eigenvalue weighted by atomic mass is 16.1. The molecule has 0 bridgehead atoms. The lowest BCUT2D eigenvalue weighted by atomic mass is 9.99. The summed E-state index contributed by atoms with van der Waals surface area (Å²) in [6, 6.07) is 6.62. The van der Waals surface area contributed by atoms with Crippen LogP contribution < -0.4 is 5.69 Å². The maximum Gasteiger partial charge on any atom is 0.326 e. The highest BCUT2D eigenvalue weighted by molar-refractivity contribution is 5.84. The topological polar surface area (TPSA) is 71.2 Å². The molecule has 4 heterocycles. The highest BCUT2D eigenvalue weighted by Crippen LogP contribution is 2.31. The Hall–Kier alpha value is -2.93. The van der Waals surface area contributed by atoms with Crippen LogP contribution >= 0.6 is 0 Å². The van der Waals surface area contributed by atoms with Crippen molar-refractivity contribution in [3.05, 3.63) is 52.3 Å². The van der Waals surface area contributed by atoms with Crippen LogP contribution in [0.25, 0.3) is 27.8 Å². The molecule has 162 valence electrons. The minimum Gasteiger partial charge on any atom is -0.306 e. The van der Waals surface area contributed by atoms with Gasteiger partial charge >= 0.3 is 5.69 Å². The first-order valence-electron chi connectivity index (χ1n) is 11.2. The van der Waals surface area contributed by atoms with E-state index in [1.54, 1.807) is 6.33 Å². The van der Waals surface area contributed by atoms with Gasteiger partial charge in [0.15, 0.2) is 5.65 Å². The number of hydrogen-bond acceptors (Lipinski definition) is 4. The number of fused-ring (bicyclic) bond motifs is 2. The zero-order chi connectivity index (χ0) is 21.7. The van der Waals surface area contributed by atoms with Crippen molar-refractivity contribution in [3.8, 4) is 11.1 Å². The Morgan fingerprint density at radius 2 is 2.03 bits per heavy atom. The van der Waals surface area contributed by atoms with E-state index in [-0.39, 0.29) is 11.7 Å². The number of hydrogen-bond donors (Lipinski definition) is 1. The van der Waals surface area contributed by atoms with E-state index in [0.717, 1.165) is 71.4 Å².